The van der Waals surface area contributed by atoms with Gasteiger partial charge in [-0.3, -0.25) is 4.57 Å². The molecule has 0 unspecified atom stereocenters. The summed E-state index contributed by atoms with van der Waals surface area (Å²) in [5.74, 6) is 0.270. The average molecular weight is 350 g/mol. The van der Waals surface area contributed by atoms with E-state index in [1.165, 1.54) is 0 Å². The summed E-state index contributed by atoms with van der Waals surface area (Å²) < 4.78 is 32.6. The standard InChI is InChI=1S/C19H14N2O3S/c22-25(23,24-16-10-5-2-6-11-16)18-14-21(15-8-3-1-4-9-15)19-17(18)12-7-13-20-19/h1-14H. The minimum absolute atomic E-state index is 0.0864. The number of benzene rings is 2. The van der Waals surface area contributed by atoms with Gasteiger partial charge in [-0.15, -0.1) is 0 Å². The van der Waals surface area contributed by atoms with E-state index in [2.05, 4.69) is 4.98 Å². The summed E-state index contributed by atoms with van der Waals surface area (Å²) in [5.41, 5.74) is 1.39. The molecule has 0 bridgehead atoms. The third-order valence-corrected chi connectivity index (χ3v) is 5.06. The molecule has 0 aliphatic heterocycles. The van der Waals surface area contributed by atoms with Gasteiger partial charge in [-0.25, -0.2) is 4.98 Å². The highest BCUT2D eigenvalue weighted by Crippen LogP contribution is 2.28. The van der Waals surface area contributed by atoms with Gasteiger partial charge in [-0.05, 0) is 36.4 Å². The topological polar surface area (TPSA) is 61.2 Å². The van der Waals surface area contributed by atoms with E-state index in [1.807, 2.05) is 30.3 Å². The molecule has 4 aromatic rings. The number of rotatable bonds is 4. The highest BCUT2D eigenvalue weighted by atomic mass is 32.2. The smallest absolute Gasteiger partial charge is 0.341 e. The van der Waals surface area contributed by atoms with Crippen molar-refractivity contribution in [2.24, 2.45) is 0 Å². The largest absolute Gasteiger partial charge is 0.379 e. The number of hydrogen-bond donors (Lipinski definition) is 0. The van der Waals surface area contributed by atoms with Gasteiger partial charge < -0.3 is 4.18 Å². The van der Waals surface area contributed by atoms with Crippen LogP contribution in [0.1, 0.15) is 0 Å². The Morgan fingerprint density at radius 2 is 1.52 bits per heavy atom. The lowest BCUT2D eigenvalue weighted by Gasteiger charge is -2.05. The van der Waals surface area contributed by atoms with Crippen LogP contribution in [-0.2, 0) is 10.1 Å². The molecule has 0 atom stereocenters. The lowest BCUT2D eigenvalue weighted by atomic mass is 10.3. The van der Waals surface area contributed by atoms with E-state index in [-0.39, 0.29) is 10.6 Å². The van der Waals surface area contributed by atoms with Crippen molar-refractivity contribution in [1.29, 1.82) is 0 Å². The highest BCUT2D eigenvalue weighted by molar-refractivity contribution is 7.87. The van der Waals surface area contributed by atoms with Gasteiger partial charge in [0.15, 0.2) is 0 Å². The van der Waals surface area contributed by atoms with Crippen LogP contribution in [0.2, 0.25) is 0 Å². The van der Waals surface area contributed by atoms with Crippen molar-refractivity contribution in [1.82, 2.24) is 9.55 Å². The molecule has 0 saturated heterocycles. The molecule has 124 valence electrons. The maximum absolute atomic E-state index is 12.8. The Balaban J connectivity index is 1.88. The third-order valence-electron chi connectivity index (χ3n) is 3.78. The van der Waals surface area contributed by atoms with Gasteiger partial charge in [-0.1, -0.05) is 36.4 Å². The molecule has 0 amide bonds. The first kappa shape index (κ1) is 15.4. The van der Waals surface area contributed by atoms with E-state index in [1.54, 1.807) is 59.4 Å². The van der Waals surface area contributed by atoms with Crippen molar-refractivity contribution in [3.05, 3.63) is 85.2 Å². The van der Waals surface area contributed by atoms with Crippen LogP contribution in [0.15, 0.2) is 90.1 Å². The maximum atomic E-state index is 12.8. The van der Waals surface area contributed by atoms with Gasteiger partial charge >= 0.3 is 10.1 Å². The Morgan fingerprint density at radius 1 is 0.840 bits per heavy atom. The van der Waals surface area contributed by atoms with Crippen molar-refractivity contribution >= 4 is 21.2 Å². The fourth-order valence-electron chi connectivity index (χ4n) is 2.66. The molecule has 25 heavy (non-hydrogen) atoms. The number of fused-ring (bicyclic) bond motifs is 1. The molecule has 0 spiro atoms. The molecule has 0 aliphatic carbocycles. The zero-order chi connectivity index (χ0) is 17.3. The van der Waals surface area contributed by atoms with E-state index >= 15 is 0 Å². The van der Waals surface area contributed by atoms with Crippen molar-refractivity contribution in [3.8, 4) is 11.4 Å². The van der Waals surface area contributed by atoms with Crippen molar-refractivity contribution in [2.75, 3.05) is 0 Å². The molecule has 4 rings (SSSR count). The Kier molecular flexibility index (Phi) is 3.74. The van der Waals surface area contributed by atoms with Crippen LogP contribution in [0.4, 0.5) is 0 Å². The first-order chi connectivity index (χ1) is 12.1. The minimum atomic E-state index is -3.99. The predicted molar refractivity (Wildman–Crippen MR) is 95.3 cm³/mol. The molecule has 5 nitrogen and oxygen atoms in total. The second kappa shape index (κ2) is 6.07. The number of nitrogens with zero attached hydrogens (tertiary/aromatic N) is 2. The fourth-order valence-corrected chi connectivity index (χ4v) is 3.78. The van der Waals surface area contributed by atoms with Gasteiger partial charge in [-0.2, -0.15) is 8.42 Å². The molecule has 0 aliphatic rings. The highest BCUT2D eigenvalue weighted by Gasteiger charge is 2.24. The van der Waals surface area contributed by atoms with Crippen LogP contribution in [0, 0.1) is 0 Å². The summed E-state index contributed by atoms with van der Waals surface area (Å²) in [5, 5.41) is 0.516. The Morgan fingerprint density at radius 3 is 2.24 bits per heavy atom. The number of aromatic nitrogens is 2. The fraction of sp³-hybridized carbons (Fsp3) is 0. The van der Waals surface area contributed by atoms with Crippen LogP contribution >= 0.6 is 0 Å². The molecular formula is C19H14N2O3S. The normalized spacial score (nSPS) is 11.5. The summed E-state index contributed by atoms with van der Waals surface area (Å²) in [7, 11) is -3.99. The first-order valence-electron chi connectivity index (χ1n) is 7.66. The zero-order valence-electron chi connectivity index (χ0n) is 13.1. The summed E-state index contributed by atoms with van der Waals surface area (Å²) in [6, 6.07) is 21.3. The van der Waals surface area contributed by atoms with Crippen molar-refractivity contribution in [2.45, 2.75) is 4.90 Å². The quantitative estimate of drug-likeness (QED) is 0.525. The van der Waals surface area contributed by atoms with Crippen LogP contribution in [-0.4, -0.2) is 18.0 Å². The minimum Gasteiger partial charge on any atom is -0.379 e. The zero-order valence-corrected chi connectivity index (χ0v) is 13.9. The number of hydrogen-bond acceptors (Lipinski definition) is 4. The van der Waals surface area contributed by atoms with E-state index in [4.69, 9.17) is 4.18 Å². The predicted octanol–water partition coefficient (Wildman–Crippen LogP) is 3.79. The van der Waals surface area contributed by atoms with Gasteiger partial charge in [0.1, 0.15) is 16.3 Å². The van der Waals surface area contributed by atoms with Crippen LogP contribution in [0.5, 0.6) is 5.75 Å². The monoisotopic (exact) mass is 350 g/mol. The maximum Gasteiger partial charge on any atom is 0.341 e. The van der Waals surface area contributed by atoms with E-state index in [9.17, 15) is 8.42 Å². The molecule has 6 heteroatoms. The van der Waals surface area contributed by atoms with Gasteiger partial charge in [0, 0.05) is 23.5 Å². The molecule has 0 saturated carbocycles. The molecule has 0 N–H and O–H groups in total. The lowest BCUT2D eigenvalue weighted by molar-refractivity contribution is 0.487. The summed E-state index contributed by atoms with van der Waals surface area (Å²) in [4.78, 5) is 4.43. The molecule has 2 heterocycles. The second-order valence-electron chi connectivity index (χ2n) is 5.42. The molecule has 2 aromatic carbocycles. The lowest BCUT2D eigenvalue weighted by Crippen LogP contribution is -2.09. The van der Waals surface area contributed by atoms with Gasteiger partial charge in [0.2, 0.25) is 0 Å². The number of pyridine rings is 1. The van der Waals surface area contributed by atoms with Gasteiger partial charge in [0.05, 0.1) is 0 Å². The van der Waals surface area contributed by atoms with Crippen LogP contribution in [0.3, 0.4) is 0 Å². The Bertz CT molecular complexity index is 1120. The second-order valence-corrected chi connectivity index (χ2v) is 6.94. The molecule has 0 fully saturated rings. The summed E-state index contributed by atoms with van der Waals surface area (Å²) in [6.45, 7) is 0. The molecule has 0 radical (unpaired) electrons. The average Bonchev–Trinajstić information content (AvgIpc) is 3.04. The Hall–Kier alpha value is -3.12. The van der Waals surface area contributed by atoms with E-state index < -0.39 is 10.1 Å². The van der Waals surface area contributed by atoms with E-state index in [0.717, 1.165) is 5.69 Å². The van der Waals surface area contributed by atoms with Crippen LogP contribution in [0.25, 0.3) is 16.7 Å². The van der Waals surface area contributed by atoms with Gasteiger partial charge in [0.25, 0.3) is 0 Å². The number of para-hydroxylation sites is 2. The third kappa shape index (κ3) is 2.88. The Labute approximate surface area is 145 Å². The van der Waals surface area contributed by atoms with Crippen molar-refractivity contribution < 1.29 is 12.6 Å². The molecular weight excluding hydrogens is 336 g/mol. The summed E-state index contributed by atoms with van der Waals surface area (Å²) >= 11 is 0. The van der Waals surface area contributed by atoms with Crippen LogP contribution < -0.4 is 4.18 Å². The molecule has 2 aromatic heterocycles. The SMILES string of the molecule is O=S(=O)(Oc1ccccc1)c1cn(-c2ccccc2)c2ncccc12. The first-order valence-corrected chi connectivity index (χ1v) is 9.07. The van der Waals surface area contributed by atoms with E-state index in [0.29, 0.717) is 11.0 Å². The summed E-state index contributed by atoms with van der Waals surface area (Å²) in [6.07, 6.45) is 3.18. The van der Waals surface area contributed by atoms with Crippen molar-refractivity contribution in [3.63, 3.8) is 0 Å².